The predicted octanol–water partition coefficient (Wildman–Crippen LogP) is 1.32. The predicted molar refractivity (Wildman–Crippen MR) is 52.4 cm³/mol. The molecule has 0 spiro atoms. The van der Waals surface area contributed by atoms with Crippen molar-refractivity contribution >= 4 is 11.2 Å². The van der Waals surface area contributed by atoms with Gasteiger partial charge in [-0.1, -0.05) is 6.07 Å². The standard InChI is InChI=1S/C9H11N3O3/c1-2-15-9-8(12(13)14)7-5-3-4-6-11(7)10-9/h3-6,13-14H,2H2,1H3. The molecule has 0 atom stereocenters. The van der Waals surface area contributed by atoms with Crippen molar-refractivity contribution in [3.8, 4) is 5.88 Å². The van der Waals surface area contributed by atoms with Crippen LogP contribution in [0.15, 0.2) is 24.4 Å². The Balaban J connectivity index is 2.63. The second-order valence-corrected chi connectivity index (χ2v) is 2.91. The number of anilines is 1. The van der Waals surface area contributed by atoms with Gasteiger partial charge in [-0.15, -0.1) is 10.3 Å². The number of pyridine rings is 1. The van der Waals surface area contributed by atoms with Crippen LogP contribution in [0.5, 0.6) is 5.88 Å². The van der Waals surface area contributed by atoms with E-state index in [1.54, 1.807) is 31.3 Å². The summed E-state index contributed by atoms with van der Waals surface area (Å²) in [5.74, 6) is 0.189. The Hall–Kier alpha value is -1.79. The lowest BCUT2D eigenvalue weighted by Crippen LogP contribution is -2.12. The van der Waals surface area contributed by atoms with E-state index in [1.807, 2.05) is 0 Å². The van der Waals surface area contributed by atoms with Crippen molar-refractivity contribution in [1.29, 1.82) is 0 Å². The molecular weight excluding hydrogens is 198 g/mol. The van der Waals surface area contributed by atoms with Crippen LogP contribution in [0.4, 0.5) is 5.69 Å². The van der Waals surface area contributed by atoms with Crippen molar-refractivity contribution in [2.24, 2.45) is 0 Å². The summed E-state index contributed by atoms with van der Waals surface area (Å²) in [5, 5.41) is 22.2. The first-order chi connectivity index (χ1) is 7.24. The number of nitrogens with zero attached hydrogens (tertiary/aromatic N) is 3. The summed E-state index contributed by atoms with van der Waals surface area (Å²) in [6.45, 7) is 2.21. The van der Waals surface area contributed by atoms with Crippen molar-refractivity contribution in [2.75, 3.05) is 11.8 Å². The van der Waals surface area contributed by atoms with Gasteiger partial charge in [-0.25, -0.2) is 4.52 Å². The zero-order valence-electron chi connectivity index (χ0n) is 8.16. The molecule has 6 nitrogen and oxygen atoms in total. The first kappa shape index (κ1) is 9.75. The highest BCUT2D eigenvalue weighted by Crippen LogP contribution is 2.30. The zero-order chi connectivity index (χ0) is 10.8. The first-order valence-corrected chi connectivity index (χ1v) is 4.52. The molecule has 0 saturated carbocycles. The Morgan fingerprint density at radius 2 is 2.27 bits per heavy atom. The number of ether oxygens (including phenoxy) is 1. The van der Waals surface area contributed by atoms with E-state index in [-0.39, 0.29) is 16.8 Å². The van der Waals surface area contributed by atoms with E-state index in [9.17, 15) is 0 Å². The molecule has 2 N–H and O–H groups in total. The third kappa shape index (κ3) is 1.60. The summed E-state index contributed by atoms with van der Waals surface area (Å²) in [5.41, 5.74) is 0.698. The van der Waals surface area contributed by atoms with Crippen LogP contribution in [0.3, 0.4) is 0 Å². The molecule has 0 saturated heterocycles. The van der Waals surface area contributed by atoms with Crippen LogP contribution in [0.25, 0.3) is 5.52 Å². The number of aromatic nitrogens is 2. The quantitative estimate of drug-likeness (QED) is 0.746. The molecule has 2 aromatic heterocycles. The van der Waals surface area contributed by atoms with E-state index >= 15 is 0 Å². The molecule has 6 heteroatoms. The normalized spacial score (nSPS) is 10.6. The molecule has 2 heterocycles. The second-order valence-electron chi connectivity index (χ2n) is 2.91. The third-order valence-corrected chi connectivity index (χ3v) is 1.96. The topological polar surface area (TPSA) is 70.2 Å². The van der Waals surface area contributed by atoms with E-state index in [0.29, 0.717) is 12.1 Å². The van der Waals surface area contributed by atoms with Gasteiger partial charge in [-0.05, 0) is 19.1 Å². The Labute approximate surface area is 85.8 Å². The molecule has 0 aliphatic carbocycles. The van der Waals surface area contributed by atoms with Crippen LogP contribution in [-0.4, -0.2) is 26.6 Å². The number of hydrogen-bond donors (Lipinski definition) is 2. The molecule has 2 aromatic rings. The van der Waals surface area contributed by atoms with Crippen LogP contribution >= 0.6 is 0 Å². The van der Waals surface area contributed by atoms with Gasteiger partial charge in [0.25, 0.3) is 5.88 Å². The molecule has 0 amide bonds. The number of fused-ring (bicyclic) bond motifs is 1. The average molecular weight is 209 g/mol. The lowest BCUT2D eigenvalue weighted by atomic mass is 10.3. The maximum atomic E-state index is 9.07. The molecule has 0 aromatic carbocycles. The maximum Gasteiger partial charge on any atom is 0.262 e. The highest BCUT2D eigenvalue weighted by Gasteiger charge is 2.17. The molecular formula is C9H11N3O3. The Morgan fingerprint density at radius 1 is 1.47 bits per heavy atom. The largest absolute Gasteiger partial charge is 0.475 e. The monoisotopic (exact) mass is 209 g/mol. The molecule has 0 aliphatic rings. The molecule has 0 fully saturated rings. The van der Waals surface area contributed by atoms with Crippen LogP contribution in [0.1, 0.15) is 6.92 Å². The SMILES string of the molecule is CCOc1nn2ccccc2c1N(O)O. The van der Waals surface area contributed by atoms with E-state index in [1.165, 1.54) is 4.52 Å². The van der Waals surface area contributed by atoms with E-state index in [2.05, 4.69) is 5.10 Å². The number of hydrogen-bond acceptors (Lipinski definition) is 5. The number of rotatable bonds is 3. The summed E-state index contributed by atoms with van der Waals surface area (Å²) in [6.07, 6.45) is 1.70. The molecule has 0 aliphatic heterocycles. The Kier molecular flexibility index (Phi) is 2.44. The van der Waals surface area contributed by atoms with Gasteiger partial charge in [0, 0.05) is 6.20 Å². The minimum absolute atomic E-state index is 0.0212. The summed E-state index contributed by atoms with van der Waals surface area (Å²) in [4.78, 5) is 0. The smallest absolute Gasteiger partial charge is 0.262 e. The minimum Gasteiger partial charge on any atom is -0.475 e. The molecule has 0 unspecified atom stereocenters. The van der Waals surface area contributed by atoms with Gasteiger partial charge in [-0.2, -0.15) is 0 Å². The molecule has 15 heavy (non-hydrogen) atoms. The maximum absolute atomic E-state index is 9.07. The molecule has 80 valence electrons. The van der Waals surface area contributed by atoms with Gasteiger partial charge < -0.3 is 4.74 Å². The van der Waals surface area contributed by atoms with Crippen molar-refractivity contribution in [1.82, 2.24) is 9.61 Å². The fourth-order valence-electron chi connectivity index (χ4n) is 1.39. The van der Waals surface area contributed by atoms with Gasteiger partial charge in [0.05, 0.1) is 12.1 Å². The van der Waals surface area contributed by atoms with Gasteiger partial charge in [0.15, 0.2) is 5.69 Å². The molecule has 0 bridgehead atoms. The highest BCUT2D eigenvalue weighted by molar-refractivity contribution is 5.76. The zero-order valence-corrected chi connectivity index (χ0v) is 8.16. The fraction of sp³-hybridized carbons (Fsp3) is 0.222. The van der Waals surface area contributed by atoms with Crippen LogP contribution < -0.4 is 9.96 Å². The third-order valence-electron chi connectivity index (χ3n) is 1.96. The van der Waals surface area contributed by atoms with Gasteiger partial charge in [-0.3, -0.25) is 10.4 Å². The summed E-state index contributed by atoms with van der Waals surface area (Å²) < 4.78 is 6.70. The molecule has 0 radical (unpaired) electrons. The minimum atomic E-state index is 0.0212. The van der Waals surface area contributed by atoms with Crippen molar-refractivity contribution < 1.29 is 15.2 Å². The fourth-order valence-corrected chi connectivity index (χ4v) is 1.39. The van der Waals surface area contributed by atoms with Crippen molar-refractivity contribution in [2.45, 2.75) is 6.92 Å². The van der Waals surface area contributed by atoms with E-state index in [4.69, 9.17) is 15.2 Å². The van der Waals surface area contributed by atoms with Gasteiger partial charge in [0.2, 0.25) is 0 Å². The van der Waals surface area contributed by atoms with Crippen molar-refractivity contribution in [3.05, 3.63) is 24.4 Å². The lowest BCUT2D eigenvalue weighted by Gasteiger charge is -2.07. The van der Waals surface area contributed by atoms with E-state index < -0.39 is 0 Å². The first-order valence-electron chi connectivity index (χ1n) is 4.52. The average Bonchev–Trinajstić information content (AvgIpc) is 2.56. The Bertz CT molecular complexity index is 467. The lowest BCUT2D eigenvalue weighted by molar-refractivity contribution is 0.0284. The summed E-state index contributed by atoms with van der Waals surface area (Å²) in [7, 11) is 0. The Morgan fingerprint density at radius 3 is 2.93 bits per heavy atom. The van der Waals surface area contributed by atoms with Crippen LogP contribution in [0, 0.1) is 0 Å². The summed E-state index contributed by atoms with van der Waals surface area (Å²) >= 11 is 0. The van der Waals surface area contributed by atoms with Gasteiger partial charge in [0.1, 0.15) is 0 Å². The van der Waals surface area contributed by atoms with Crippen LogP contribution in [-0.2, 0) is 0 Å². The van der Waals surface area contributed by atoms with Crippen molar-refractivity contribution in [3.63, 3.8) is 0 Å². The summed E-state index contributed by atoms with van der Waals surface area (Å²) in [6, 6.07) is 5.28. The van der Waals surface area contributed by atoms with E-state index in [0.717, 1.165) is 0 Å². The van der Waals surface area contributed by atoms with Gasteiger partial charge >= 0.3 is 0 Å². The molecule has 2 rings (SSSR count). The van der Waals surface area contributed by atoms with Crippen LogP contribution in [0.2, 0.25) is 0 Å². The second kappa shape index (κ2) is 3.76. The highest BCUT2D eigenvalue weighted by atomic mass is 16.8.